The predicted molar refractivity (Wildman–Crippen MR) is 80.1 cm³/mol. The molecule has 0 N–H and O–H groups in total. The summed E-state index contributed by atoms with van der Waals surface area (Å²) in [5, 5.41) is 3.84. The van der Waals surface area contributed by atoms with Crippen molar-refractivity contribution in [1.29, 1.82) is 0 Å². The summed E-state index contributed by atoms with van der Waals surface area (Å²) in [5.41, 5.74) is 1.37. The van der Waals surface area contributed by atoms with Gasteiger partial charge in [-0.25, -0.2) is 9.37 Å². The molecule has 0 aliphatic rings. The lowest BCUT2D eigenvalue weighted by Gasteiger charge is -2.04. The minimum Gasteiger partial charge on any atom is -0.340 e. The van der Waals surface area contributed by atoms with Crippen molar-refractivity contribution >= 4 is 45.2 Å². The van der Waals surface area contributed by atoms with Crippen LogP contribution in [0.1, 0.15) is 17.5 Å². The van der Waals surface area contributed by atoms with Crippen LogP contribution < -0.4 is 0 Å². The molecular formula is C12H9ClFIN4O. The van der Waals surface area contributed by atoms with E-state index in [2.05, 4.69) is 15.1 Å². The second-order valence-corrected chi connectivity index (χ2v) is 5.66. The summed E-state index contributed by atoms with van der Waals surface area (Å²) in [6.45, 7) is 2.06. The summed E-state index contributed by atoms with van der Waals surface area (Å²) in [6.07, 6.45) is 0. The Kier molecular flexibility index (Phi) is 3.63. The zero-order valence-electron chi connectivity index (χ0n) is 10.4. The molecule has 3 rings (SSSR count). The fraction of sp³-hybridized carbons (Fsp3) is 0.250. The number of rotatable bonds is 3. The van der Waals surface area contributed by atoms with Crippen molar-refractivity contribution in [3.63, 3.8) is 0 Å². The molecule has 20 heavy (non-hydrogen) atoms. The van der Waals surface area contributed by atoms with Crippen LogP contribution in [0.25, 0.3) is 11.0 Å². The van der Waals surface area contributed by atoms with Gasteiger partial charge in [0.15, 0.2) is 5.82 Å². The van der Waals surface area contributed by atoms with Gasteiger partial charge in [0, 0.05) is 13.0 Å². The van der Waals surface area contributed by atoms with E-state index < -0.39 is 0 Å². The summed E-state index contributed by atoms with van der Waals surface area (Å²) in [6, 6.07) is 3.15. The molecule has 0 saturated carbocycles. The van der Waals surface area contributed by atoms with Gasteiger partial charge < -0.3 is 9.09 Å². The third-order valence-corrected chi connectivity index (χ3v) is 3.92. The Morgan fingerprint density at radius 1 is 1.40 bits per heavy atom. The highest BCUT2D eigenvalue weighted by molar-refractivity contribution is 14.1. The van der Waals surface area contributed by atoms with E-state index in [4.69, 9.17) is 16.1 Å². The van der Waals surface area contributed by atoms with Crippen LogP contribution in [0.4, 0.5) is 4.39 Å². The van der Waals surface area contributed by atoms with Crippen LogP contribution >= 0.6 is 34.2 Å². The Labute approximate surface area is 132 Å². The van der Waals surface area contributed by atoms with Crippen LogP contribution in [0.5, 0.6) is 0 Å². The molecule has 0 amide bonds. The van der Waals surface area contributed by atoms with Crippen molar-refractivity contribution in [2.24, 2.45) is 0 Å². The molecule has 1 aromatic carbocycles. The van der Waals surface area contributed by atoms with Crippen LogP contribution in [0.15, 0.2) is 16.7 Å². The largest absolute Gasteiger partial charge is 0.340 e. The predicted octanol–water partition coefficient (Wildman–Crippen LogP) is 3.26. The van der Waals surface area contributed by atoms with Crippen LogP contribution in [-0.2, 0) is 12.4 Å². The first-order valence-electron chi connectivity index (χ1n) is 5.78. The van der Waals surface area contributed by atoms with Gasteiger partial charge in [0.2, 0.25) is 5.89 Å². The number of aryl methyl sites for hydroxylation is 1. The fourth-order valence-corrected chi connectivity index (χ4v) is 2.65. The van der Waals surface area contributed by atoms with Crippen molar-refractivity contribution in [2.75, 3.05) is 0 Å². The van der Waals surface area contributed by atoms with E-state index in [1.165, 1.54) is 6.07 Å². The molecule has 2 aromatic heterocycles. The monoisotopic (exact) mass is 406 g/mol. The quantitative estimate of drug-likeness (QED) is 0.495. The molecule has 0 atom stereocenters. The summed E-state index contributed by atoms with van der Waals surface area (Å²) in [4.78, 5) is 8.55. The van der Waals surface area contributed by atoms with E-state index in [0.29, 0.717) is 38.7 Å². The van der Waals surface area contributed by atoms with E-state index in [-0.39, 0.29) is 11.7 Å². The lowest BCUT2D eigenvalue weighted by molar-refractivity contribution is 0.386. The van der Waals surface area contributed by atoms with Gasteiger partial charge in [0.1, 0.15) is 11.6 Å². The number of hydrogen-bond acceptors (Lipinski definition) is 4. The maximum absolute atomic E-state index is 13.8. The third kappa shape index (κ3) is 2.39. The normalized spacial score (nSPS) is 11.4. The minimum absolute atomic E-state index is 0.226. The number of halogens is 3. The standard InChI is InChI=1S/C12H9ClFIN4O/c1-6-16-11(18-20-6)5-19-10-2-7(14)8(15)3-9(10)17-12(19)4-13/h2-3H,4-5H2,1H3. The van der Waals surface area contributed by atoms with Gasteiger partial charge in [-0.05, 0) is 28.7 Å². The molecule has 0 saturated heterocycles. The Morgan fingerprint density at radius 3 is 2.85 bits per heavy atom. The van der Waals surface area contributed by atoms with E-state index in [0.717, 1.165) is 0 Å². The van der Waals surface area contributed by atoms with Crippen LogP contribution in [0.3, 0.4) is 0 Å². The van der Waals surface area contributed by atoms with Gasteiger partial charge in [-0.1, -0.05) is 5.16 Å². The molecule has 0 bridgehead atoms. The van der Waals surface area contributed by atoms with Crippen molar-refractivity contribution in [2.45, 2.75) is 19.3 Å². The van der Waals surface area contributed by atoms with Crippen molar-refractivity contribution < 1.29 is 8.91 Å². The second-order valence-electron chi connectivity index (χ2n) is 4.23. The second kappa shape index (κ2) is 5.28. The first kappa shape index (κ1) is 13.7. The van der Waals surface area contributed by atoms with Gasteiger partial charge >= 0.3 is 0 Å². The van der Waals surface area contributed by atoms with Crippen molar-refractivity contribution in [3.05, 3.63) is 39.1 Å². The molecule has 5 nitrogen and oxygen atoms in total. The van der Waals surface area contributed by atoms with Gasteiger partial charge in [-0.3, -0.25) is 0 Å². The van der Waals surface area contributed by atoms with E-state index >= 15 is 0 Å². The molecule has 0 fully saturated rings. The number of fused-ring (bicyclic) bond motifs is 1. The number of imidazole rings is 1. The molecule has 0 aliphatic carbocycles. The average Bonchev–Trinajstić information content (AvgIpc) is 2.96. The topological polar surface area (TPSA) is 56.7 Å². The Bertz CT molecular complexity index is 785. The molecule has 2 heterocycles. The van der Waals surface area contributed by atoms with E-state index in [9.17, 15) is 4.39 Å². The number of nitrogens with zero attached hydrogens (tertiary/aromatic N) is 4. The Morgan fingerprint density at radius 2 is 2.20 bits per heavy atom. The van der Waals surface area contributed by atoms with E-state index in [1.54, 1.807) is 17.6 Å². The lowest BCUT2D eigenvalue weighted by atomic mass is 10.3. The Balaban J connectivity index is 2.14. The molecule has 3 aromatic rings. The highest BCUT2D eigenvalue weighted by Crippen LogP contribution is 2.23. The number of aromatic nitrogens is 4. The van der Waals surface area contributed by atoms with Crippen LogP contribution in [0, 0.1) is 16.3 Å². The molecule has 0 aliphatic heterocycles. The van der Waals surface area contributed by atoms with Gasteiger partial charge in [-0.2, -0.15) is 4.98 Å². The number of hydrogen-bond donors (Lipinski definition) is 0. The van der Waals surface area contributed by atoms with Crippen molar-refractivity contribution in [3.8, 4) is 0 Å². The highest BCUT2D eigenvalue weighted by atomic mass is 127. The molecule has 0 unspecified atom stereocenters. The number of alkyl halides is 1. The average molecular weight is 407 g/mol. The first-order valence-corrected chi connectivity index (χ1v) is 7.39. The summed E-state index contributed by atoms with van der Waals surface area (Å²) in [5.74, 6) is 1.57. The smallest absolute Gasteiger partial charge is 0.223 e. The maximum Gasteiger partial charge on any atom is 0.223 e. The maximum atomic E-state index is 13.8. The Hall–Kier alpha value is -1.22. The first-order chi connectivity index (χ1) is 9.58. The molecule has 104 valence electrons. The zero-order valence-corrected chi connectivity index (χ0v) is 13.3. The van der Waals surface area contributed by atoms with Gasteiger partial charge in [0.05, 0.1) is 27.0 Å². The van der Waals surface area contributed by atoms with Crippen molar-refractivity contribution in [1.82, 2.24) is 19.7 Å². The van der Waals surface area contributed by atoms with E-state index in [1.807, 2.05) is 22.6 Å². The lowest BCUT2D eigenvalue weighted by Crippen LogP contribution is -2.05. The summed E-state index contributed by atoms with van der Waals surface area (Å²) < 4.78 is 21.0. The summed E-state index contributed by atoms with van der Waals surface area (Å²) in [7, 11) is 0. The molecular weight excluding hydrogens is 398 g/mol. The SMILES string of the molecule is Cc1nc(Cn2c(CCl)nc3cc(I)c(F)cc32)no1. The highest BCUT2D eigenvalue weighted by Gasteiger charge is 2.15. The minimum atomic E-state index is -0.287. The van der Waals surface area contributed by atoms with Crippen LogP contribution in [0.2, 0.25) is 0 Å². The molecule has 0 radical (unpaired) electrons. The fourth-order valence-electron chi connectivity index (χ4n) is 2.00. The van der Waals surface area contributed by atoms with Crippen LogP contribution in [-0.4, -0.2) is 19.7 Å². The van der Waals surface area contributed by atoms with Gasteiger partial charge in [-0.15, -0.1) is 11.6 Å². The molecule has 8 heteroatoms. The van der Waals surface area contributed by atoms with Gasteiger partial charge in [0.25, 0.3) is 0 Å². The zero-order chi connectivity index (χ0) is 14.3. The summed E-state index contributed by atoms with van der Waals surface area (Å²) >= 11 is 7.85. The third-order valence-electron chi connectivity index (χ3n) is 2.86. The number of benzene rings is 1. The molecule has 0 spiro atoms.